The summed E-state index contributed by atoms with van der Waals surface area (Å²) in [6, 6.07) is 16.3. The maximum atomic E-state index is 10.6. The highest BCUT2D eigenvalue weighted by atomic mass is 16.5. The molecule has 4 nitrogen and oxygen atoms in total. The summed E-state index contributed by atoms with van der Waals surface area (Å²) in [4.78, 5) is 2.27. The number of methoxy groups -OCH3 is 2. The van der Waals surface area contributed by atoms with E-state index in [0.717, 1.165) is 29.9 Å². The summed E-state index contributed by atoms with van der Waals surface area (Å²) in [5, 5.41) is 10.6. The number of hydrogen-bond donors (Lipinski definition) is 1. The zero-order chi connectivity index (χ0) is 19.8. The minimum atomic E-state index is -0.490. The quantitative estimate of drug-likeness (QED) is 0.675. The number of hydrogen-bond acceptors (Lipinski definition) is 4. The van der Waals surface area contributed by atoms with E-state index in [-0.39, 0.29) is 0 Å². The number of ether oxygens (including phenoxy) is 2. The van der Waals surface area contributed by atoms with Gasteiger partial charge in [0.1, 0.15) is 0 Å². The number of rotatable bonds is 10. The van der Waals surface area contributed by atoms with E-state index >= 15 is 0 Å². The lowest BCUT2D eigenvalue weighted by Gasteiger charge is -2.31. The van der Waals surface area contributed by atoms with Crippen molar-refractivity contribution in [1.29, 1.82) is 0 Å². The Hall–Kier alpha value is -2.04. The van der Waals surface area contributed by atoms with Crippen molar-refractivity contribution < 1.29 is 14.6 Å². The van der Waals surface area contributed by atoms with Crippen LogP contribution in [0.25, 0.3) is 0 Å². The van der Waals surface area contributed by atoms with Gasteiger partial charge in [0.25, 0.3) is 0 Å². The third kappa shape index (κ3) is 6.26. The lowest BCUT2D eigenvalue weighted by molar-refractivity contribution is 0.0970. The number of aliphatic hydroxyl groups is 1. The topological polar surface area (TPSA) is 41.9 Å². The Labute approximate surface area is 163 Å². The Morgan fingerprint density at radius 2 is 1.63 bits per heavy atom. The molecule has 2 unspecified atom stereocenters. The molecule has 0 heterocycles. The van der Waals surface area contributed by atoms with Crippen molar-refractivity contribution in [3.8, 4) is 11.5 Å². The molecule has 2 atom stereocenters. The molecule has 1 N–H and O–H groups in total. The first-order valence-electron chi connectivity index (χ1n) is 9.58. The molecular formula is C23H33NO3. The Kier molecular flexibility index (Phi) is 8.14. The Morgan fingerprint density at radius 1 is 0.963 bits per heavy atom. The molecule has 2 rings (SSSR count). The molecule has 0 amide bonds. The number of likely N-dealkylation sites (N-methyl/N-ethyl adjacent to an activating group) is 1. The second kappa shape index (κ2) is 10.3. The monoisotopic (exact) mass is 371 g/mol. The van der Waals surface area contributed by atoms with Gasteiger partial charge in [-0.3, -0.25) is 0 Å². The van der Waals surface area contributed by atoms with Gasteiger partial charge in [-0.25, -0.2) is 0 Å². The van der Waals surface area contributed by atoms with Gasteiger partial charge in [0.05, 0.1) is 20.3 Å². The van der Waals surface area contributed by atoms with Crippen LogP contribution in [0.3, 0.4) is 0 Å². The van der Waals surface area contributed by atoms with Crippen LogP contribution in [0.15, 0.2) is 48.5 Å². The summed E-state index contributed by atoms with van der Waals surface area (Å²) >= 11 is 0. The van der Waals surface area contributed by atoms with E-state index in [4.69, 9.17) is 9.47 Å². The second-order valence-corrected chi connectivity index (χ2v) is 7.54. The molecule has 0 aliphatic rings. The SMILES string of the molecule is COc1ccc(CC(CC(C)C)N(C)CC(O)c2ccccc2)cc1OC. The first-order chi connectivity index (χ1) is 12.9. The average molecular weight is 372 g/mol. The first-order valence-corrected chi connectivity index (χ1v) is 9.58. The second-order valence-electron chi connectivity index (χ2n) is 7.54. The molecule has 0 aromatic heterocycles. The molecule has 148 valence electrons. The highest BCUT2D eigenvalue weighted by Gasteiger charge is 2.21. The van der Waals surface area contributed by atoms with Gasteiger partial charge in [-0.05, 0) is 49.1 Å². The van der Waals surface area contributed by atoms with E-state index in [2.05, 4.69) is 31.9 Å². The van der Waals surface area contributed by atoms with Crippen LogP contribution in [0.5, 0.6) is 11.5 Å². The van der Waals surface area contributed by atoms with Crippen molar-refractivity contribution in [3.05, 3.63) is 59.7 Å². The van der Waals surface area contributed by atoms with Crippen molar-refractivity contribution in [1.82, 2.24) is 4.90 Å². The van der Waals surface area contributed by atoms with Crippen LogP contribution in [-0.4, -0.2) is 43.9 Å². The molecule has 0 saturated carbocycles. The molecule has 0 aliphatic carbocycles. The third-order valence-electron chi connectivity index (χ3n) is 4.93. The van der Waals surface area contributed by atoms with Crippen LogP contribution in [0.1, 0.15) is 37.5 Å². The minimum Gasteiger partial charge on any atom is -0.493 e. The maximum Gasteiger partial charge on any atom is 0.160 e. The number of nitrogens with zero attached hydrogens (tertiary/aromatic N) is 1. The first kappa shape index (κ1) is 21.3. The maximum absolute atomic E-state index is 10.6. The predicted octanol–water partition coefficient (Wildman–Crippen LogP) is 4.33. The van der Waals surface area contributed by atoms with E-state index in [9.17, 15) is 5.11 Å². The van der Waals surface area contributed by atoms with Gasteiger partial charge in [-0.15, -0.1) is 0 Å². The highest BCUT2D eigenvalue weighted by molar-refractivity contribution is 5.43. The van der Waals surface area contributed by atoms with E-state index in [1.807, 2.05) is 42.5 Å². The lowest BCUT2D eigenvalue weighted by atomic mass is 9.95. The number of benzene rings is 2. The van der Waals surface area contributed by atoms with Crippen LogP contribution >= 0.6 is 0 Å². The summed E-state index contributed by atoms with van der Waals surface area (Å²) in [5.74, 6) is 2.08. The van der Waals surface area contributed by atoms with Crippen molar-refractivity contribution >= 4 is 0 Å². The molecule has 0 radical (unpaired) electrons. The molecule has 0 aliphatic heterocycles. The van der Waals surface area contributed by atoms with Crippen molar-refractivity contribution in [2.24, 2.45) is 5.92 Å². The van der Waals surface area contributed by atoms with Crippen molar-refractivity contribution in [2.75, 3.05) is 27.8 Å². The zero-order valence-electron chi connectivity index (χ0n) is 17.2. The van der Waals surface area contributed by atoms with Crippen LogP contribution in [0.4, 0.5) is 0 Å². The minimum absolute atomic E-state index is 0.335. The summed E-state index contributed by atoms with van der Waals surface area (Å²) in [6.07, 6.45) is 1.47. The van der Waals surface area contributed by atoms with Crippen molar-refractivity contribution in [2.45, 2.75) is 38.8 Å². The number of aliphatic hydroxyl groups excluding tert-OH is 1. The molecule has 0 saturated heterocycles. The standard InChI is InChI=1S/C23H33NO3/c1-17(2)13-20(14-18-11-12-22(26-4)23(15-18)27-5)24(3)16-21(25)19-9-7-6-8-10-19/h6-12,15,17,20-21,25H,13-14,16H2,1-5H3. The molecule has 4 heteroatoms. The van der Waals surface area contributed by atoms with Gasteiger partial charge < -0.3 is 19.5 Å². The summed E-state index contributed by atoms with van der Waals surface area (Å²) < 4.78 is 10.8. The van der Waals surface area contributed by atoms with E-state index in [1.165, 1.54) is 5.56 Å². The lowest BCUT2D eigenvalue weighted by Crippen LogP contribution is -2.37. The Morgan fingerprint density at radius 3 is 2.22 bits per heavy atom. The van der Waals surface area contributed by atoms with Crippen LogP contribution in [0.2, 0.25) is 0 Å². The van der Waals surface area contributed by atoms with Gasteiger partial charge in [0.2, 0.25) is 0 Å². The van der Waals surface area contributed by atoms with E-state index in [0.29, 0.717) is 18.5 Å². The Bertz CT molecular complexity index is 687. The summed E-state index contributed by atoms with van der Waals surface area (Å²) in [5.41, 5.74) is 2.16. The fourth-order valence-electron chi connectivity index (χ4n) is 3.45. The highest BCUT2D eigenvalue weighted by Crippen LogP contribution is 2.29. The zero-order valence-corrected chi connectivity index (χ0v) is 17.2. The largest absolute Gasteiger partial charge is 0.493 e. The fraction of sp³-hybridized carbons (Fsp3) is 0.478. The van der Waals surface area contributed by atoms with Gasteiger partial charge >= 0.3 is 0 Å². The normalized spacial score (nSPS) is 13.6. The fourth-order valence-corrected chi connectivity index (χ4v) is 3.45. The molecule has 2 aromatic rings. The summed E-state index contributed by atoms with van der Waals surface area (Å²) in [7, 11) is 5.41. The van der Waals surface area contributed by atoms with Crippen LogP contribution in [-0.2, 0) is 6.42 Å². The van der Waals surface area contributed by atoms with Crippen LogP contribution in [0, 0.1) is 5.92 Å². The van der Waals surface area contributed by atoms with Crippen molar-refractivity contribution in [3.63, 3.8) is 0 Å². The molecule has 0 bridgehead atoms. The third-order valence-corrected chi connectivity index (χ3v) is 4.93. The van der Waals surface area contributed by atoms with Gasteiger partial charge in [0.15, 0.2) is 11.5 Å². The molecule has 2 aromatic carbocycles. The Balaban J connectivity index is 2.12. The smallest absolute Gasteiger partial charge is 0.160 e. The van der Waals surface area contributed by atoms with E-state index < -0.39 is 6.10 Å². The van der Waals surface area contributed by atoms with Gasteiger partial charge in [0, 0.05) is 12.6 Å². The van der Waals surface area contributed by atoms with Gasteiger partial charge in [-0.1, -0.05) is 50.2 Å². The van der Waals surface area contributed by atoms with Crippen LogP contribution < -0.4 is 9.47 Å². The average Bonchev–Trinajstić information content (AvgIpc) is 2.67. The van der Waals surface area contributed by atoms with Gasteiger partial charge in [-0.2, -0.15) is 0 Å². The molecule has 0 fully saturated rings. The summed E-state index contributed by atoms with van der Waals surface area (Å²) in [6.45, 7) is 5.08. The van der Waals surface area contributed by atoms with E-state index in [1.54, 1.807) is 14.2 Å². The molecule has 0 spiro atoms. The molecular weight excluding hydrogens is 338 g/mol. The molecule has 27 heavy (non-hydrogen) atoms. The predicted molar refractivity (Wildman–Crippen MR) is 111 cm³/mol.